The van der Waals surface area contributed by atoms with Crippen molar-refractivity contribution in [3.8, 4) is 11.5 Å². The lowest BCUT2D eigenvalue weighted by atomic mass is 10.1. The van der Waals surface area contributed by atoms with Crippen molar-refractivity contribution in [1.29, 1.82) is 0 Å². The second kappa shape index (κ2) is 11.0. The molecule has 0 bridgehead atoms. The summed E-state index contributed by atoms with van der Waals surface area (Å²) in [5, 5.41) is 6.32. The molecule has 1 aromatic heterocycles. The molecule has 2 N–H and O–H groups in total. The average Bonchev–Trinajstić information content (AvgIpc) is 2.65. The van der Waals surface area contributed by atoms with Crippen LogP contribution < -0.4 is 15.4 Å². The summed E-state index contributed by atoms with van der Waals surface area (Å²) < 4.78 is 25.1. The third kappa shape index (κ3) is 7.67. The Kier molecular flexibility index (Phi) is 9.44. The first-order valence-electron chi connectivity index (χ1n) is 8.29. The van der Waals surface area contributed by atoms with Gasteiger partial charge in [0, 0.05) is 33.4 Å². The molecule has 0 atom stereocenters. The van der Waals surface area contributed by atoms with Crippen LogP contribution in [0, 0.1) is 5.82 Å². The Bertz CT molecular complexity index is 742. The van der Waals surface area contributed by atoms with Crippen molar-refractivity contribution in [2.75, 3.05) is 20.7 Å². The van der Waals surface area contributed by atoms with Crippen molar-refractivity contribution in [2.45, 2.75) is 26.0 Å². The third-order valence-corrected chi connectivity index (χ3v) is 3.78. The summed E-state index contributed by atoms with van der Waals surface area (Å²) in [6, 6.07) is 8.29. The molecule has 148 valence electrons. The predicted molar refractivity (Wildman–Crippen MR) is 115 cm³/mol. The van der Waals surface area contributed by atoms with E-state index in [9.17, 15) is 4.39 Å². The predicted octanol–water partition coefficient (Wildman–Crippen LogP) is 3.72. The lowest BCUT2D eigenvalue weighted by molar-refractivity contribution is 0.0268. The molecule has 0 radical (unpaired) electrons. The number of hydrogen-bond donors (Lipinski definition) is 2. The molecule has 6 nitrogen and oxygen atoms in total. The van der Waals surface area contributed by atoms with Gasteiger partial charge in [-0.3, -0.25) is 9.98 Å². The largest absolute Gasteiger partial charge is 0.453 e. The molecule has 0 spiro atoms. The number of nitrogens with zero attached hydrogens (tertiary/aromatic N) is 2. The second-order valence-corrected chi connectivity index (χ2v) is 6.30. The second-order valence-electron chi connectivity index (χ2n) is 6.30. The average molecular weight is 488 g/mol. The third-order valence-electron chi connectivity index (χ3n) is 3.78. The van der Waals surface area contributed by atoms with Crippen molar-refractivity contribution < 1.29 is 13.9 Å². The molecule has 1 aromatic carbocycles. The molecule has 0 saturated carbocycles. The van der Waals surface area contributed by atoms with Gasteiger partial charge in [-0.1, -0.05) is 6.07 Å². The van der Waals surface area contributed by atoms with Crippen LogP contribution in [0.4, 0.5) is 4.39 Å². The number of methoxy groups -OCH3 is 1. The molecule has 0 unspecified atom stereocenters. The Labute approximate surface area is 176 Å². The van der Waals surface area contributed by atoms with Crippen LogP contribution in [0.1, 0.15) is 19.4 Å². The Morgan fingerprint density at radius 3 is 2.63 bits per heavy atom. The zero-order chi connectivity index (χ0) is 19.0. The van der Waals surface area contributed by atoms with Gasteiger partial charge in [-0.2, -0.15) is 0 Å². The fourth-order valence-electron chi connectivity index (χ4n) is 2.05. The lowest BCUT2D eigenvalue weighted by Gasteiger charge is -2.24. The summed E-state index contributed by atoms with van der Waals surface area (Å²) in [4.78, 5) is 8.09. The number of ether oxygens (including phenoxy) is 2. The molecule has 0 aliphatic rings. The van der Waals surface area contributed by atoms with Gasteiger partial charge in [0.25, 0.3) is 0 Å². The van der Waals surface area contributed by atoms with Gasteiger partial charge >= 0.3 is 0 Å². The first-order valence-corrected chi connectivity index (χ1v) is 8.29. The normalized spacial score (nSPS) is 11.5. The summed E-state index contributed by atoms with van der Waals surface area (Å²) in [7, 11) is 3.34. The molecule has 1 heterocycles. The standard InChI is InChI=1S/C19H25FN4O2.HI/c1-19(2,25-4)13-24-18(21-3)23-11-14-7-8-17(16(20)10-14)26-15-6-5-9-22-12-15;/h5-10,12H,11,13H2,1-4H3,(H2,21,23,24);1H. The first kappa shape index (κ1) is 23.1. The summed E-state index contributed by atoms with van der Waals surface area (Å²) in [6.45, 7) is 4.97. The summed E-state index contributed by atoms with van der Waals surface area (Å²) in [6.07, 6.45) is 3.17. The minimum atomic E-state index is -0.434. The number of aromatic nitrogens is 1. The van der Waals surface area contributed by atoms with E-state index in [1.54, 1.807) is 44.6 Å². The van der Waals surface area contributed by atoms with Crippen LogP contribution in [0.3, 0.4) is 0 Å². The monoisotopic (exact) mass is 488 g/mol. The maximum Gasteiger partial charge on any atom is 0.191 e. The van der Waals surface area contributed by atoms with Gasteiger partial charge in [0.1, 0.15) is 5.75 Å². The van der Waals surface area contributed by atoms with Gasteiger partial charge in [-0.15, -0.1) is 24.0 Å². The van der Waals surface area contributed by atoms with Gasteiger partial charge in [-0.05, 0) is 43.7 Å². The van der Waals surface area contributed by atoms with Crippen molar-refractivity contribution in [1.82, 2.24) is 15.6 Å². The number of aliphatic imine (C=N–C) groups is 1. The lowest BCUT2D eigenvalue weighted by Crippen LogP contribution is -2.45. The van der Waals surface area contributed by atoms with E-state index in [-0.39, 0.29) is 35.3 Å². The summed E-state index contributed by atoms with van der Waals surface area (Å²) in [5.74, 6) is 0.830. The van der Waals surface area contributed by atoms with Gasteiger partial charge in [0.15, 0.2) is 17.5 Å². The Morgan fingerprint density at radius 2 is 2.04 bits per heavy atom. The van der Waals surface area contributed by atoms with E-state index < -0.39 is 5.82 Å². The number of hydrogen-bond acceptors (Lipinski definition) is 4. The van der Waals surface area contributed by atoms with E-state index in [1.807, 2.05) is 13.8 Å². The molecule has 0 aliphatic heterocycles. The number of guanidine groups is 1. The number of halogens is 2. The highest BCUT2D eigenvalue weighted by molar-refractivity contribution is 14.0. The van der Waals surface area contributed by atoms with E-state index in [0.717, 1.165) is 5.56 Å². The Hall–Kier alpha value is -1.94. The van der Waals surface area contributed by atoms with Crippen LogP contribution in [0.5, 0.6) is 11.5 Å². The van der Waals surface area contributed by atoms with E-state index in [1.165, 1.54) is 12.3 Å². The number of nitrogens with one attached hydrogen (secondary N) is 2. The zero-order valence-corrected chi connectivity index (χ0v) is 18.3. The molecule has 2 aromatic rings. The summed E-state index contributed by atoms with van der Waals surface area (Å²) >= 11 is 0. The molecular weight excluding hydrogens is 462 g/mol. The number of benzene rings is 1. The van der Waals surface area contributed by atoms with E-state index in [2.05, 4.69) is 20.6 Å². The quantitative estimate of drug-likeness (QED) is 0.354. The number of pyridine rings is 1. The maximum absolute atomic E-state index is 14.3. The highest BCUT2D eigenvalue weighted by Gasteiger charge is 2.16. The molecule has 0 amide bonds. The molecule has 0 saturated heterocycles. The van der Waals surface area contributed by atoms with Crippen LogP contribution in [0.2, 0.25) is 0 Å². The molecule has 27 heavy (non-hydrogen) atoms. The highest BCUT2D eigenvalue weighted by Crippen LogP contribution is 2.24. The minimum absolute atomic E-state index is 0. The van der Waals surface area contributed by atoms with Crippen molar-refractivity contribution in [3.63, 3.8) is 0 Å². The van der Waals surface area contributed by atoms with Crippen LogP contribution in [-0.4, -0.2) is 37.2 Å². The van der Waals surface area contributed by atoms with Gasteiger partial charge in [-0.25, -0.2) is 4.39 Å². The fraction of sp³-hybridized carbons (Fsp3) is 0.368. The van der Waals surface area contributed by atoms with Crippen LogP contribution >= 0.6 is 24.0 Å². The molecule has 8 heteroatoms. The van der Waals surface area contributed by atoms with Gasteiger partial charge < -0.3 is 20.1 Å². The van der Waals surface area contributed by atoms with E-state index in [0.29, 0.717) is 24.8 Å². The summed E-state index contributed by atoms with van der Waals surface area (Å²) in [5.41, 5.74) is 0.463. The molecular formula is C19H26FIN4O2. The molecule has 0 aliphatic carbocycles. The number of rotatable bonds is 7. The zero-order valence-electron chi connectivity index (χ0n) is 16.0. The van der Waals surface area contributed by atoms with Crippen LogP contribution in [-0.2, 0) is 11.3 Å². The minimum Gasteiger partial charge on any atom is -0.453 e. The van der Waals surface area contributed by atoms with Crippen molar-refractivity contribution in [3.05, 3.63) is 54.1 Å². The van der Waals surface area contributed by atoms with Crippen LogP contribution in [0.15, 0.2) is 47.7 Å². The van der Waals surface area contributed by atoms with Gasteiger partial charge in [0.2, 0.25) is 0 Å². The Morgan fingerprint density at radius 1 is 1.26 bits per heavy atom. The SMILES string of the molecule is CN=C(NCc1ccc(Oc2cccnc2)c(F)c1)NCC(C)(C)OC.I. The Balaban J connectivity index is 0.00000364. The van der Waals surface area contributed by atoms with E-state index >= 15 is 0 Å². The fourth-order valence-corrected chi connectivity index (χ4v) is 2.05. The van der Waals surface area contributed by atoms with E-state index in [4.69, 9.17) is 9.47 Å². The topological polar surface area (TPSA) is 67.8 Å². The van der Waals surface area contributed by atoms with Crippen molar-refractivity contribution >= 4 is 29.9 Å². The molecule has 2 rings (SSSR count). The first-order chi connectivity index (χ1) is 12.4. The highest BCUT2D eigenvalue weighted by atomic mass is 127. The smallest absolute Gasteiger partial charge is 0.191 e. The van der Waals surface area contributed by atoms with Gasteiger partial charge in [0.05, 0.1) is 11.8 Å². The van der Waals surface area contributed by atoms with Crippen molar-refractivity contribution in [2.24, 2.45) is 4.99 Å². The maximum atomic E-state index is 14.3. The van der Waals surface area contributed by atoms with Crippen LogP contribution in [0.25, 0.3) is 0 Å². The molecule has 0 fully saturated rings.